The number of aromatic nitrogens is 1. The minimum Gasteiger partial charge on any atom is -0.380 e. The van der Waals surface area contributed by atoms with Crippen molar-refractivity contribution in [2.45, 2.75) is 75.9 Å². The van der Waals surface area contributed by atoms with Crippen molar-refractivity contribution in [3.8, 4) is 12.3 Å². The predicted octanol–water partition coefficient (Wildman–Crippen LogP) is 6.66. The lowest BCUT2D eigenvalue weighted by atomic mass is 9.38. The van der Waals surface area contributed by atoms with Crippen LogP contribution in [-0.4, -0.2) is 27.4 Å². The standard InChI is InChI=1S/C33H35N3O.2H2S/c1-3-7-25-16-27-26-8-5-6-9-28(26)34-30(27)31(36(25)29(37)4-2)20-10-12-24(13-11-20)35-32-17-22-14-21-15-23(18-32)33(21,22)19-32;;/h2,5-6,8-13,21-23,25,31,34-35H,3,7,14-19H2,1H3;2*1H2/t21?,22?,23?,25-,31-,32?,33?;;/m0../s1. The summed E-state index contributed by atoms with van der Waals surface area (Å²) in [6, 6.07) is 17.3. The summed E-state index contributed by atoms with van der Waals surface area (Å²) in [5.41, 5.74) is 6.92. The van der Waals surface area contributed by atoms with Crippen molar-refractivity contribution in [2.75, 3.05) is 5.32 Å². The smallest absolute Gasteiger partial charge is 0.299 e. The van der Waals surface area contributed by atoms with Crippen LogP contribution >= 0.6 is 27.0 Å². The molecule has 6 heteroatoms. The Labute approximate surface area is 245 Å². The summed E-state index contributed by atoms with van der Waals surface area (Å²) in [5, 5.41) is 5.28. The molecule has 2 aromatic carbocycles. The minimum atomic E-state index is -0.217. The van der Waals surface area contributed by atoms with E-state index >= 15 is 0 Å². The van der Waals surface area contributed by atoms with E-state index in [0.29, 0.717) is 11.0 Å². The second-order valence-corrected chi connectivity index (χ2v) is 12.8. The summed E-state index contributed by atoms with van der Waals surface area (Å²) < 4.78 is 0. The van der Waals surface area contributed by atoms with E-state index in [0.717, 1.165) is 53.8 Å². The Morgan fingerprint density at radius 2 is 1.79 bits per heavy atom. The van der Waals surface area contributed by atoms with Crippen LogP contribution < -0.4 is 5.32 Å². The molecule has 4 fully saturated rings. The second kappa shape index (κ2) is 9.28. The molecule has 2 unspecified atom stereocenters. The number of aromatic amines is 1. The Morgan fingerprint density at radius 1 is 1.08 bits per heavy atom. The highest BCUT2D eigenvalue weighted by atomic mass is 32.1. The fourth-order valence-electron chi connectivity index (χ4n) is 9.90. The number of benzene rings is 2. The summed E-state index contributed by atoms with van der Waals surface area (Å²) in [7, 11) is 0. The molecule has 39 heavy (non-hydrogen) atoms. The first kappa shape index (κ1) is 26.7. The summed E-state index contributed by atoms with van der Waals surface area (Å²) in [5.74, 6) is 5.20. The van der Waals surface area contributed by atoms with Crippen molar-refractivity contribution in [2.24, 2.45) is 23.2 Å². The van der Waals surface area contributed by atoms with Crippen molar-refractivity contribution in [1.29, 1.82) is 0 Å². The van der Waals surface area contributed by atoms with Crippen LogP contribution in [0.1, 0.15) is 74.7 Å². The lowest BCUT2D eigenvalue weighted by Gasteiger charge is -2.66. The Bertz CT molecular complexity index is 1450. The van der Waals surface area contributed by atoms with Gasteiger partial charge in [0.2, 0.25) is 0 Å². The van der Waals surface area contributed by atoms with Gasteiger partial charge in [0.1, 0.15) is 0 Å². The van der Waals surface area contributed by atoms with Gasteiger partial charge >= 0.3 is 0 Å². The van der Waals surface area contributed by atoms with Gasteiger partial charge < -0.3 is 15.2 Å². The lowest BCUT2D eigenvalue weighted by Crippen LogP contribution is -2.59. The molecule has 0 radical (unpaired) electrons. The van der Waals surface area contributed by atoms with Crippen LogP contribution in [0.25, 0.3) is 10.9 Å². The average molecular weight is 558 g/mol. The van der Waals surface area contributed by atoms with E-state index in [4.69, 9.17) is 6.42 Å². The van der Waals surface area contributed by atoms with Crippen molar-refractivity contribution >= 4 is 49.5 Å². The molecule has 2 bridgehead atoms. The van der Waals surface area contributed by atoms with Crippen LogP contribution in [0.4, 0.5) is 5.69 Å². The maximum Gasteiger partial charge on any atom is 0.299 e. The fourth-order valence-corrected chi connectivity index (χ4v) is 9.90. The summed E-state index contributed by atoms with van der Waals surface area (Å²) >= 11 is 0. The number of terminal acetylenes is 1. The van der Waals surface area contributed by atoms with Gasteiger partial charge in [-0.05, 0) is 103 Å². The van der Waals surface area contributed by atoms with Gasteiger partial charge in [0.05, 0.1) is 6.04 Å². The topological polar surface area (TPSA) is 48.1 Å². The third-order valence-electron chi connectivity index (χ3n) is 11.2. The molecule has 0 saturated heterocycles. The van der Waals surface area contributed by atoms with Gasteiger partial charge in [0.15, 0.2) is 0 Å². The Kier molecular flexibility index (Phi) is 6.36. The lowest BCUT2D eigenvalue weighted by molar-refractivity contribution is -0.175. The number of fused-ring (bicyclic) bond motifs is 4. The first-order chi connectivity index (χ1) is 18.0. The highest BCUT2D eigenvalue weighted by Gasteiger charge is 2.77. The van der Waals surface area contributed by atoms with Crippen LogP contribution in [0.5, 0.6) is 0 Å². The van der Waals surface area contributed by atoms with Gasteiger partial charge in [-0.2, -0.15) is 27.0 Å². The SMILES string of the molecule is C#CC(=O)N1[C@@H](CCC)Cc2c([nH]c3ccccc23)[C@@H]1c1ccc(NC23CC4CC5CC(C2)C54C3)cc1.S.S. The van der Waals surface area contributed by atoms with Crippen molar-refractivity contribution in [1.82, 2.24) is 9.88 Å². The number of para-hydroxylation sites is 1. The molecular formula is C33H39N3OS2. The number of amides is 1. The molecule has 5 aliphatic rings. The number of hydrogen-bond donors (Lipinski definition) is 2. The highest BCUT2D eigenvalue weighted by molar-refractivity contribution is 7.59. The number of H-pyrrole nitrogens is 1. The van der Waals surface area contributed by atoms with Gasteiger partial charge in [-0.3, -0.25) is 4.79 Å². The van der Waals surface area contributed by atoms with Crippen LogP contribution in [0.3, 0.4) is 0 Å². The monoisotopic (exact) mass is 557 g/mol. The first-order valence-corrected chi connectivity index (χ1v) is 14.3. The average Bonchev–Trinajstić information content (AvgIpc) is 3.52. The van der Waals surface area contributed by atoms with E-state index in [1.807, 2.05) is 4.90 Å². The summed E-state index contributed by atoms with van der Waals surface area (Å²) in [6.07, 6.45) is 15.6. The number of nitrogens with zero attached hydrogens (tertiary/aromatic N) is 1. The normalized spacial score (nSPS) is 34.5. The number of anilines is 1. The molecule has 1 amide bonds. The second-order valence-electron chi connectivity index (χ2n) is 12.8. The van der Waals surface area contributed by atoms with E-state index in [9.17, 15) is 4.79 Å². The zero-order valence-corrected chi connectivity index (χ0v) is 24.6. The molecule has 2 N–H and O–H groups in total. The fraction of sp³-hybridized carbons (Fsp3) is 0.485. The molecule has 8 rings (SSSR count). The van der Waals surface area contributed by atoms with Gasteiger partial charge in [0.25, 0.3) is 5.91 Å². The van der Waals surface area contributed by atoms with Crippen molar-refractivity contribution in [3.63, 3.8) is 0 Å². The van der Waals surface area contributed by atoms with Crippen LogP contribution in [0.2, 0.25) is 0 Å². The van der Waals surface area contributed by atoms with Crippen molar-refractivity contribution in [3.05, 3.63) is 65.4 Å². The predicted molar refractivity (Wildman–Crippen MR) is 168 cm³/mol. The molecule has 1 spiro atoms. The molecule has 4 saturated carbocycles. The molecule has 4 aliphatic carbocycles. The molecule has 2 heterocycles. The van der Waals surface area contributed by atoms with E-state index < -0.39 is 0 Å². The van der Waals surface area contributed by atoms with E-state index in [1.54, 1.807) is 0 Å². The number of carbonyl (C=O) groups is 1. The molecular weight excluding hydrogens is 519 g/mol. The van der Waals surface area contributed by atoms with Gasteiger partial charge in [-0.25, -0.2) is 0 Å². The molecule has 3 aromatic rings. The van der Waals surface area contributed by atoms with E-state index in [-0.39, 0.29) is 45.0 Å². The Morgan fingerprint density at radius 3 is 2.44 bits per heavy atom. The van der Waals surface area contributed by atoms with Crippen LogP contribution in [0, 0.1) is 35.5 Å². The zero-order valence-electron chi connectivity index (χ0n) is 22.6. The van der Waals surface area contributed by atoms with E-state index in [1.165, 1.54) is 48.7 Å². The first-order valence-electron chi connectivity index (χ1n) is 14.3. The molecule has 4 atom stereocenters. The Balaban J connectivity index is 0.00000138. The largest absolute Gasteiger partial charge is 0.380 e. The number of hydrogen-bond acceptors (Lipinski definition) is 2. The quantitative estimate of drug-likeness (QED) is 0.345. The maximum absolute atomic E-state index is 13.2. The molecule has 204 valence electrons. The number of carbonyl (C=O) groups excluding carboxylic acids is 1. The Hall–Kier alpha value is -2.49. The van der Waals surface area contributed by atoms with Gasteiger partial charge in [-0.1, -0.05) is 43.7 Å². The van der Waals surface area contributed by atoms with E-state index in [2.05, 4.69) is 71.7 Å². The van der Waals surface area contributed by atoms with Gasteiger partial charge in [0, 0.05) is 33.9 Å². The van der Waals surface area contributed by atoms with Crippen LogP contribution in [-0.2, 0) is 11.2 Å². The van der Waals surface area contributed by atoms with Gasteiger partial charge in [-0.15, -0.1) is 6.42 Å². The number of nitrogens with one attached hydrogen (secondary N) is 2. The molecule has 4 nitrogen and oxygen atoms in total. The van der Waals surface area contributed by atoms with Crippen LogP contribution in [0.15, 0.2) is 48.5 Å². The maximum atomic E-state index is 13.2. The molecule has 1 aromatic heterocycles. The summed E-state index contributed by atoms with van der Waals surface area (Å²) in [4.78, 5) is 18.9. The number of rotatable bonds is 5. The minimum absolute atomic E-state index is 0. The third kappa shape index (κ3) is 3.51. The highest BCUT2D eigenvalue weighted by Crippen LogP contribution is 2.82. The van der Waals surface area contributed by atoms with Crippen molar-refractivity contribution < 1.29 is 4.79 Å². The molecule has 1 aliphatic heterocycles. The third-order valence-corrected chi connectivity index (χ3v) is 11.2. The summed E-state index contributed by atoms with van der Waals surface area (Å²) in [6.45, 7) is 2.18. The zero-order chi connectivity index (χ0) is 24.9.